The Kier molecular flexibility index (Phi) is 35.3. The van der Waals surface area contributed by atoms with E-state index in [2.05, 4.69) is 111 Å². The van der Waals surface area contributed by atoms with E-state index in [0.717, 1.165) is 103 Å². The van der Waals surface area contributed by atoms with Crippen LogP contribution in [0.1, 0.15) is 142 Å². The SMILES string of the molecule is CC/C=C/C/C=C/C/C=C/C/C=C/C/C=C/CCCCCC(=O)O[C@H](COC(=O)CCCCCCC/C=C/C/C=C/C/C=C/CC)CO[C@@H]1O[C@H](CO)[C@H](O)C(O)C1O. The maximum atomic E-state index is 12.8. The number of hydrogen-bond donors (Lipinski definition) is 4. The van der Waals surface area contributed by atoms with Gasteiger partial charge < -0.3 is 39.4 Å². The number of rotatable bonds is 35. The quantitative estimate of drug-likeness (QED) is 0.0276. The van der Waals surface area contributed by atoms with Crippen molar-refractivity contribution < 1.29 is 49.0 Å². The third-order valence-corrected chi connectivity index (χ3v) is 9.46. The first-order valence-electron chi connectivity index (χ1n) is 22.3. The minimum atomic E-state index is -1.61. The number of esters is 2. The molecule has 1 heterocycles. The average molecular weight is 827 g/mol. The smallest absolute Gasteiger partial charge is 0.306 e. The predicted octanol–water partition coefficient (Wildman–Crippen LogP) is 9.55. The van der Waals surface area contributed by atoms with Gasteiger partial charge in [-0.3, -0.25) is 9.59 Å². The maximum absolute atomic E-state index is 12.8. The molecule has 0 saturated carbocycles. The van der Waals surface area contributed by atoms with Crippen LogP contribution in [-0.4, -0.2) is 89.0 Å². The molecule has 0 radical (unpaired) electrons. The van der Waals surface area contributed by atoms with Crippen LogP contribution in [0.5, 0.6) is 0 Å². The van der Waals surface area contributed by atoms with Gasteiger partial charge >= 0.3 is 11.9 Å². The second-order valence-electron chi connectivity index (χ2n) is 14.7. The fourth-order valence-corrected chi connectivity index (χ4v) is 5.99. The monoisotopic (exact) mass is 827 g/mol. The third kappa shape index (κ3) is 30.3. The molecule has 334 valence electrons. The van der Waals surface area contributed by atoms with E-state index in [0.29, 0.717) is 12.8 Å². The van der Waals surface area contributed by atoms with Gasteiger partial charge in [-0.25, -0.2) is 0 Å². The first-order valence-corrected chi connectivity index (χ1v) is 22.3. The van der Waals surface area contributed by atoms with Gasteiger partial charge in [0.15, 0.2) is 12.4 Å². The van der Waals surface area contributed by atoms with E-state index in [1.165, 1.54) is 0 Å². The normalized spacial score (nSPS) is 20.9. The number of aliphatic hydroxyl groups excluding tert-OH is 4. The van der Waals surface area contributed by atoms with E-state index < -0.39 is 55.4 Å². The Morgan fingerprint density at radius 2 is 0.949 bits per heavy atom. The van der Waals surface area contributed by atoms with Crippen LogP contribution >= 0.6 is 0 Å². The molecule has 1 fully saturated rings. The summed E-state index contributed by atoms with van der Waals surface area (Å²) in [6, 6.07) is 0. The molecule has 0 aromatic rings. The highest BCUT2D eigenvalue weighted by atomic mass is 16.7. The van der Waals surface area contributed by atoms with Crippen molar-refractivity contribution in [3.63, 3.8) is 0 Å². The summed E-state index contributed by atoms with van der Waals surface area (Å²) in [5.41, 5.74) is 0. The Morgan fingerprint density at radius 3 is 1.44 bits per heavy atom. The Balaban J connectivity index is 2.39. The van der Waals surface area contributed by atoms with Crippen molar-refractivity contribution in [1.29, 1.82) is 0 Å². The average Bonchev–Trinajstić information content (AvgIpc) is 3.23. The van der Waals surface area contributed by atoms with E-state index in [-0.39, 0.29) is 26.1 Å². The number of carbonyl (C=O) groups excluding carboxylic acids is 2. The number of hydrogen-bond acceptors (Lipinski definition) is 10. The highest BCUT2D eigenvalue weighted by Gasteiger charge is 2.44. The van der Waals surface area contributed by atoms with E-state index in [4.69, 9.17) is 18.9 Å². The molecule has 10 heteroatoms. The van der Waals surface area contributed by atoms with Crippen molar-refractivity contribution >= 4 is 11.9 Å². The molecule has 4 N–H and O–H groups in total. The minimum Gasteiger partial charge on any atom is -0.462 e. The Bertz CT molecular complexity index is 1280. The van der Waals surface area contributed by atoms with Crippen LogP contribution in [0.4, 0.5) is 0 Å². The molecule has 0 spiro atoms. The second kappa shape index (κ2) is 38.8. The molecule has 1 aliphatic heterocycles. The molecule has 0 amide bonds. The molecule has 0 aromatic heterocycles. The summed E-state index contributed by atoms with van der Waals surface area (Å²) in [5.74, 6) is -0.875. The topological polar surface area (TPSA) is 152 Å². The van der Waals surface area contributed by atoms with Crippen molar-refractivity contribution in [2.75, 3.05) is 19.8 Å². The molecular weight excluding hydrogens is 749 g/mol. The maximum Gasteiger partial charge on any atom is 0.306 e. The highest BCUT2D eigenvalue weighted by Crippen LogP contribution is 2.22. The summed E-state index contributed by atoms with van der Waals surface area (Å²) >= 11 is 0. The fourth-order valence-electron chi connectivity index (χ4n) is 5.99. The van der Waals surface area contributed by atoms with E-state index in [1.54, 1.807) is 0 Å². The molecule has 2 unspecified atom stereocenters. The fraction of sp³-hybridized carbons (Fsp3) is 0.633. The summed E-state index contributed by atoms with van der Waals surface area (Å²) < 4.78 is 22.1. The number of unbranched alkanes of at least 4 members (excludes halogenated alkanes) is 8. The van der Waals surface area contributed by atoms with Gasteiger partial charge in [-0.15, -0.1) is 0 Å². The molecule has 0 bridgehead atoms. The highest BCUT2D eigenvalue weighted by molar-refractivity contribution is 5.70. The Morgan fingerprint density at radius 1 is 0.525 bits per heavy atom. The molecule has 0 aromatic carbocycles. The van der Waals surface area contributed by atoms with Crippen LogP contribution in [-0.2, 0) is 28.5 Å². The molecule has 0 aliphatic carbocycles. The van der Waals surface area contributed by atoms with Crippen molar-refractivity contribution in [2.45, 2.75) is 179 Å². The van der Waals surface area contributed by atoms with Crippen molar-refractivity contribution in [2.24, 2.45) is 0 Å². The number of aliphatic hydroxyl groups is 4. The van der Waals surface area contributed by atoms with Gasteiger partial charge in [0.25, 0.3) is 0 Å². The van der Waals surface area contributed by atoms with Crippen LogP contribution in [0.2, 0.25) is 0 Å². The molecule has 1 saturated heterocycles. The standard InChI is InChI=1S/C49H78O10/c1-3-5-7-9-11-13-15-17-19-20-21-22-24-26-28-30-32-34-36-38-45(52)58-42(41-57-49-48(55)47(54)46(53)43(39-50)59-49)40-56-44(51)37-35-33-31-29-27-25-23-18-16-14-12-10-8-6-4-2/h5-8,11-14,17-19,21-23,26,28,42-43,46-50,53-55H,3-4,9-10,15-16,20,24-25,27,29-41H2,1-2H3/b7-5+,8-6+,13-11+,14-12+,19-17+,22-21+,23-18+,28-26+/t42-,43-,46+,47?,48?,49-/m1/s1. The number of ether oxygens (including phenoxy) is 4. The van der Waals surface area contributed by atoms with Crippen molar-refractivity contribution in [3.05, 3.63) is 97.2 Å². The Labute approximate surface area is 356 Å². The van der Waals surface area contributed by atoms with Crippen LogP contribution in [0.3, 0.4) is 0 Å². The number of carbonyl (C=O) groups is 2. The number of allylic oxidation sites excluding steroid dienone is 16. The predicted molar refractivity (Wildman–Crippen MR) is 237 cm³/mol. The van der Waals surface area contributed by atoms with Crippen molar-refractivity contribution in [1.82, 2.24) is 0 Å². The van der Waals surface area contributed by atoms with Crippen LogP contribution < -0.4 is 0 Å². The summed E-state index contributed by atoms with van der Waals surface area (Å²) in [6.07, 6.45) is 44.1. The Hall–Kier alpha value is -3.38. The first kappa shape index (κ1) is 53.6. The summed E-state index contributed by atoms with van der Waals surface area (Å²) in [5, 5.41) is 40.1. The first-order chi connectivity index (χ1) is 28.8. The third-order valence-electron chi connectivity index (χ3n) is 9.46. The molecule has 1 aliphatic rings. The van der Waals surface area contributed by atoms with Gasteiger partial charge in [0.2, 0.25) is 0 Å². The molecule has 10 nitrogen and oxygen atoms in total. The van der Waals surface area contributed by atoms with Crippen LogP contribution in [0, 0.1) is 0 Å². The van der Waals surface area contributed by atoms with Gasteiger partial charge in [-0.05, 0) is 89.9 Å². The zero-order valence-electron chi connectivity index (χ0n) is 36.2. The summed E-state index contributed by atoms with van der Waals surface area (Å²) in [4.78, 5) is 25.3. The van der Waals surface area contributed by atoms with E-state index in [9.17, 15) is 30.0 Å². The van der Waals surface area contributed by atoms with E-state index >= 15 is 0 Å². The largest absolute Gasteiger partial charge is 0.462 e. The zero-order valence-corrected chi connectivity index (χ0v) is 36.2. The van der Waals surface area contributed by atoms with Gasteiger partial charge in [-0.2, -0.15) is 0 Å². The van der Waals surface area contributed by atoms with Crippen LogP contribution in [0.25, 0.3) is 0 Å². The van der Waals surface area contributed by atoms with Gasteiger partial charge in [-0.1, -0.05) is 137 Å². The summed E-state index contributed by atoms with van der Waals surface area (Å²) in [7, 11) is 0. The van der Waals surface area contributed by atoms with Gasteiger partial charge in [0, 0.05) is 12.8 Å². The van der Waals surface area contributed by atoms with Gasteiger partial charge in [0.1, 0.15) is 31.0 Å². The van der Waals surface area contributed by atoms with Crippen LogP contribution in [0.15, 0.2) is 97.2 Å². The van der Waals surface area contributed by atoms with Gasteiger partial charge in [0.05, 0.1) is 13.2 Å². The molecule has 6 atom stereocenters. The molecule has 59 heavy (non-hydrogen) atoms. The molecular formula is C49H78O10. The minimum absolute atomic E-state index is 0.180. The summed E-state index contributed by atoms with van der Waals surface area (Å²) in [6.45, 7) is 3.12. The van der Waals surface area contributed by atoms with E-state index in [1.807, 2.05) is 0 Å². The lowest BCUT2D eigenvalue weighted by Crippen LogP contribution is -2.59. The lowest BCUT2D eigenvalue weighted by Gasteiger charge is -2.39. The van der Waals surface area contributed by atoms with Crippen molar-refractivity contribution in [3.8, 4) is 0 Å². The lowest BCUT2D eigenvalue weighted by atomic mass is 9.99. The zero-order chi connectivity index (χ0) is 43.0. The second-order valence-corrected chi connectivity index (χ2v) is 14.7. The lowest BCUT2D eigenvalue weighted by molar-refractivity contribution is -0.305. The molecule has 1 rings (SSSR count).